The van der Waals surface area contributed by atoms with E-state index in [1.165, 1.54) is 49.3 Å². The Hall–Kier alpha value is -3.33. The minimum absolute atomic E-state index is 0.0134. The van der Waals surface area contributed by atoms with Crippen LogP contribution in [-0.2, 0) is 11.8 Å². The molecule has 10 heteroatoms. The zero-order chi connectivity index (χ0) is 20.9. The van der Waals surface area contributed by atoms with Crippen LogP contribution in [0.4, 0.5) is 13.2 Å². The summed E-state index contributed by atoms with van der Waals surface area (Å²) in [6.45, 7) is 0. The number of hydrogen-bond donors (Lipinski definition) is 0. The first-order valence-corrected chi connectivity index (χ1v) is 8.62. The van der Waals surface area contributed by atoms with Crippen molar-refractivity contribution in [1.29, 1.82) is 0 Å². The standard InChI is InChI=1S/C19H12ClF3N4O2/c1-26-8-24-15(18(26)23)10-3-4-11(21)14(22)13(10)16-17(20)27-6-5-9(19(28)29-2)7-12(27)25-16/h3-8H,1-2H3. The minimum atomic E-state index is -1.24. The van der Waals surface area contributed by atoms with Crippen LogP contribution in [0.2, 0.25) is 5.15 Å². The van der Waals surface area contributed by atoms with Crippen LogP contribution in [0.15, 0.2) is 36.8 Å². The van der Waals surface area contributed by atoms with Crippen molar-refractivity contribution in [2.24, 2.45) is 7.05 Å². The predicted octanol–water partition coefficient (Wildman–Crippen LogP) is 4.26. The second kappa shape index (κ2) is 6.93. The van der Waals surface area contributed by atoms with Gasteiger partial charge in [-0.2, -0.15) is 4.39 Å². The molecule has 0 radical (unpaired) electrons. The minimum Gasteiger partial charge on any atom is -0.465 e. The van der Waals surface area contributed by atoms with Crippen molar-refractivity contribution < 1.29 is 22.7 Å². The fourth-order valence-corrected chi connectivity index (χ4v) is 3.27. The maximum absolute atomic E-state index is 14.8. The number of hydrogen-bond acceptors (Lipinski definition) is 4. The van der Waals surface area contributed by atoms with E-state index < -0.39 is 23.6 Å². The lowest BCUT2D eigenvalue weighted by atomic mass is 10.0. The van der Waals surface area contributed by atoms with Gasteiger partial charge in [0.15, 0.2) is 11.6 Å². The Balaban J connectivity index is 2.00. The molecule has 0 amide bonds. The van der Waals surface area contributed by atoms with Crippen LogP contribution in [0.3, 0.4) is 0 Å². The summed E-state index contributed by atoms with van der Waals surface area (Å²) < 4.78 is 50.5. The van der Waals surface area contributed by atoms with E-state index in [1.807, 2.05) is 0 Å². The van der Waals surface area contributed by atoms with Gasteiger partial charge in [0.1, 0.15) is 22.2 Å². The SMILES string of the molecule is COC(=O)c1ccn2c(Cl)c(-c3c(-c4ncn(C)c4F)ccc(F)c3F)nc2c1. The number of pyridine rings is 1. The van der Waals surface area contributed by atoms with E-state index in [0.717, 1.165) is 10.6 Å². The highest BCUT2D eigenvalue weighted by atomic mass is 35.5. The molecule has 148 valence electrons. The summed E-state index contributed by atoms with van der Waals surface area (Å²) in [7, 11) is 2.66. The van der Waals surface area contributed by atoms with Crippen LogP contribution >= 0.6 is 11.6 Å². The molecule has 0 fully saturated rings. The third kappa shape index (κ3) is 2.94. The summed E-state index contributed by atoms with van der Waals surface area (Å²) >= 11 is 6.36. The Bertz CT molecular complexity index is 1280. The van der Waals surface area contributed by atoms with Gasteiger partial charge in [-0.1, -0.05) is 11.6 Å². The molecular weight excluding hydrogens is 409 g/mol. The van der Waals surface area contributed by atoms with E-state index in [4.69, 9.17) is 11.6 Å². The van der Waals surface area contributed by atoms with Crippen molar-refractivity contribution in [2.45, 2.75) is 0 Å². The van der Waals surface area contributed by atoms with E-state index in [-0.39, 0.29) is 38.9 Å². The molecule has 29 heavy (non-hydrogen) atoms. The number of nitrogens with zero attached hydrogens (tertiary/aromatic N) is 4. The number of fused-ring (bicyclic) bond motifs is 1. The fraction of sp³-hybridized carbons (Fsp3) is 0.105. The average Bonchev–Trinajstić information content (AvgIpc) is 3.22. The average molecular weight is 421 g/mol. The highest BCUT2D eigenvalue weighted by molar-refractivity contribution is 6.32. The van der Waals surface area contributed by atoms with E-state index in [0.29, 0.717) is 0 Å². The molecule has 6 nitrogen and oxygen atoms in total. The molecule has 0 saturated carbocycles. The summed E-state index contributed by atoms with van der Waals surface area (Å²) in [5.74, 6) is -3.72. The van der Waals surface area contributed by atoms with Crippen LogP contribution in [0.5, 0.6) is 0 Å². The second-order valence-corrected chi connectivity index (χ2v) is 6.52. The number of carbonyl (C=O) groups excluding carboxylic acids is 1. The lowest BCUT2D eigenvalue weighted by molar-refractivity contribution is 0.0600. The number of esters is 1. The molecule has 0 saturated heterocycles. The Labute approximate surface area is 167 Å². The van der Waals surface area contributed by atoms with Gasteiger partial charge in [-0.25, -0.2) is 23.5 Å². The number of rotatable bonds is 3. The van der Waals surface area contributed by atoms with Crippen LogP contribution in [0, 0.1) is 17.6 Å². The van der Waals surface area contributed by atoms with E-state index in [2.05, 4.69) is 14.7 Å². The summed E-state index contributed by atoms with van der Waals surface area (Å²) in [5.41, 5.74) is -0.250. The van der Waals surface area contributed by atoms with Gasteiger partial charge in [-0.05, 0) is 24.3 Å². The Morgan fingerprint density at radius 2 is 1.93 bits per heavy atom. The number of aromatic nitrogens is 4. The van der Waals surface area contributed by atoms with Crippen molar-refractivity contribution in [1.82, 2.24) is 18.9 Å². The second-order valence-electron chi connectivity index (χ2n) is 6.17. The summed E-state index contributed by atoms with van der Waals surface area (Å²) in [4.78, 5) is 19.9. The first kappa shape index (κ1) is 19.0. The third-order valence-corrected chi connectivity index (χ3v) is 4.80. The van der Waals surface area contributed by atoms with Crippen LogP contribution in [0.25, 0.3) is 28.2 Å². The number of aryl methyl sites for hydroxylation is 1. The molecule has 3 aromatic heterocycles. The largest absolute Gasteiger partial charge is 0.465 e. The topological polar surface area (TPSA) is 61.4 Å². The van der Waals surface area contributed by atoms with E-state index >= 15 is 0 Å². The molecule has 4 rings (SSSR count). The van der Waals surface area contributed by atoms with Gasteiger partial charge in [-0.15, -0.1) is 0 Å². The van der Waals surface area contributed by atoms with Crippen molar-refractivity contribution in [3.05, 3.63) is 65.1 Å². The number of carbonyl (C=O) groups is 1. The molecule has 0 unspecified atom stereocenters. The molecule has 4 aromatic rings. The number of methoxy groups -OCH3 is 1. The smallest absolute Gasteiger partial charge is 0.338 e. The first-order chi connectivity index (χ1) is 13.8. The zero-order valence-corrected chi connectivity index (χ0v) is 15.8. The van der Waals surface area contributed by atoms with Gasteiger partial charge in [0.25, 0.3) is 0 Å². The van der Waals surface area contributed by atoms with Crippen LogP contribution in [0.1, 0.15) is 10.4 Å². The summed E-state index contributed by atoms with van der Waals surface area (Å²) in [5, 5.41) is -0.0431. The van der Waals surface area contributed by atoms with Gasteiger partial charge >= 0.3 is 5.97 Å². The predicted molar refractivity (Wildman–Crippen MR) is 99.1 cm³/mol. The van der Waals surface area contributed by atoms with Gasteiger partial charge < -0.3 is 9.30 Å². The quantitative estimate of drug-likeness (QED) is 0.465. The lowest BCUT2D eigenvalue weighted by Gasteiger charge is -2.08. The van der Waals surface area contributed by atoms with Gasteiger partial charge in [0.2, 0.25) is 5.95 Å². The molecule has 0 atom stereocenters. The Kier molecular flexibility index (Phi) is 4.54. The zero-order valence-electron chi connectivity index (χ0n) is 15.1. The maximum atomic E-state index is 14.8. The molecule has 0 aliphatic rings. The van der Waals surface area contributed by atoms with Gasteiger partial charge in [0.05, 0.1) is 24.6 Å². The number of benzene rings is 1. The normalized spacial score (nSPS) is 11.2. The molecule has 0 aliphatic carbocycles. The molecule has 0 N–H and O–H groups in total. The molecule has 0 spiro atoms. The highest BCUT2D eigenvalue weighted by Crippen LogP contribution is 2.39. The highest BCUT2D eigenvalue weighted by Gasteiger charge is 2.26. The number of imidazole rings is 2. The molecular formula is C19H12ClF3N4O2. The van der Waals surface area contributed by atoms with Crippen molar-refractivity contribution in [2.75, 3.05) is 7.11 Å². The van der Waals surface area contributed by atoms with Crippen LogP contribution in [-0.4, -0.2) is 32.0 Å². The van der Waals surface area contributed by atoms with Gasteiger partial charge in [0, 0.05) is 18.8 Å². The number of ether oxygens (including phenoxy) is 1. The van der Waals surface area contributed by atoms with E-state index in [9.17, 15) is 18.0 Å². The molecule has 0 aliphatic heterocycles. The monoisotopic (exact) mass is 420 g/mol. The lowest BCUT2D eigenvalue weighted by Crippen LogP contribution is -2.01. The summed E-state index contributed by atoms with van der Waals surface area (Å²) in [6.07, 6.45) is 2.66. The van der Waals surface area contributed by atoms with Crippen LogP contribution < -0.4 is 0 Å². The first-order valence-electron chi connectivity index (χ1n) is 8.25. The van der Waals surface area contributed by atoms with Gasteiger partial charge in [-0.3, -0.25) is 4.40 Å². The van der Waals surface area contributed by atoms with E-state index in [1.54, 1.807) is 0 Å². The summed E-state index contributed by atoms with van der Waals surface area (Å²) in [6, 6.07) is 4.91. The molecule has 3 heterocycles. The Morgan fingerprint density at radius 1 is 1.17 bits per heavy atom. The molecule has 1 aromatic carbocycles. The van der Waals surface area contributed by atoms with Crippen molar-refractivity contribution >= 4 is 23.2 Å². The fourth-order valence-electron chi connectivity index (χ4n) is 2.99. The Morgan fingerprint density at radius 3 is 2.59 bits per heavy atom. The van der Waals surface area contributed by atoms with Crippen molar-refractivity contribution in [3.63, 3.8) is 0 Å². The molecule has 0 bridgehead atoms. The third-order valence-electron chi connectivity index (χ3n) is 4.44. The number of halogens is 4. The van der Waals surface area contributed by atoms with Crippen molar-refractivity contribution in [3.8, 4) is 22.5 Å². The maximum Gasteiger partial charge on any atom is 0.338 e.